The maximum Gasteiger partial charge on any atom is 0.356 e. The summed E-state index contributed by atoms with van der Waals surface area (Å²) < 4.78 is 0. The number of aromatic amines is 2. The number of carboxylic acid groups (broad SMARTS) is 1. The van der Waals surface area contributed by atoms with E-state index in [1.807, 2.05) is 48.8 Å². The van der Waals surface area contributed by atoms with Crippen molar-refractivity contribution < 1.29 is 9.90 Å². The van der Waals surface area contributed by atoms with Gasteiger partial charge in [-0.1, -0.05) is 24.3 Å². The molecule has 7 nitrogen and oxygen atoms in total. The molecule has 0 bridgehead atoms. The van der Waals surface area contributed by atoms with Gasteiger partial charge in [-0.05, 0) is 29.8 Å². The molecule has 24 heavy (non-hydrogen) atoms. The average Bonchev–Trinajstić information content (AvgIpc) is 3.31. The number of benzene rings is 1. The highest BCUT2D eigenvalue weighted by molar-refractivity contribution is 6.41. The molecule has 1 aromatic carbocycles. The lowest BCUT2D eigenvalue weighted by Gasteiger charge is -2.01. The fourth-order valence-corrected chi connectivity index (χ4v) is 1.68. The van der Waals surface area contributed by atoms with Crippen LogP contribution in [-0.4, -0.2) is 31.7 Å². The van der Waals surface area contributed by atoms with E-state index in [9.17, 15) is 4.79 Å². The summed E-state index contributed by atoms with van der Waals surface area (Å²) in [6.07, 6.45) is 12.0. The van der Waals surface area contributed by atoms with Crippen LogP contribution in [0.15, 0.2) is 78.7 Å². The first-order chi connectivity index (χ1) is 11.8. The van der Waals surface area contributed by atoms with Crippen molar-refractivity contribution in [3.8, 4) is 0 Å². The van der Waals surface area contributed by atoms with E-state index in [0.29, 0.717) is 0 Å². The molecule has 0 fully saturated rings. The molecule has 0 aliphatic carbocycles. The van der Waals surface area contributed by atoms with E-state index >= 15 is 0 Å². The largest absolute Gasteiger partial charge is 0.476 e. The van der Waals surface area contributed by atoms with Gasteiger partial charge in [0.2, 0.25) is 0 Å². The lowest BCUT2D eigenvalue weighted by molar-refractivity contribution is -0.129. The number of aromatic nitrogens is 3. The predicted octanol–water partition coefficient (Wildman–Crippen LogP) is 2.99. The number of anilines is 1. The van der Waals surface area contributed by atoms with E-state index in [-0.39, 0.29) is 5.71 Å². The SMILES string of the molecule is O=C(O)C1=NNc2ccccc2C=C1.c1c[nH]cn1.c1cc[nH]c1. The zero-order valence-corrected chi connectivity index (χ0v) is 12.8. The minimum Gasteiger partial charge on any atom is -0.476 e. The van der Waals surface area contributed by atoms with Gasteiger partial charge in [0.1, 0.15) is 0 Å². The number of aliphatic carboxylic acids is 1. The molecule has 2 aromatic heterocycles. The van der Waals surface area contributed by atoms with Gasteiger partial charge in [-0.3, -0.25) is 5.43 Å². The lowest BCUT2D eigenvalue weighted by Crippen LogP contribution is -2.10. The van der Waals surface area contributed by atoms with Crippen LogP contribution in [0.2, 0.25) is 0 Å². The highest BCUT2D eigenvalue weighted by atomic mass is 16.4. The number of hydrogen-bond acceptors (Lipinski definition) is 4. The molecule has 1 aliphatic rings. The number of carbonyl (C=O) groups is 1. The van der Waals surface area contributed by atoms with Crippen molar-refractivity contribution >= 4 is 23.4 Å². The third-order valence-corrected chi connectivity index (χ3v) is 2.80. The quantitative estimate of drug-likeness (QED) is 0.552. The van der Waals surface area contributed by atoms with Crippen molar-refractivity contribution in [2.45, 2.75) is 0 Å². The molecule has 0 radical (unpaired) electrons. The Bertz CT molecular complexity index is 717. The van der Waals surface area contributed by atoms with Crippen molar-refractivity contribution in [1.29, 1.82) is 0 Å². The molecule has 1 aliphatic heterocycles. The summed E-state index contributed by atoms with van der Waals surface area (Å²) >= 11 is 0. The second-order valence-electron chi connectivity index (χ2n) is 4.48. The monoisotopic (exact) mass is 323 g/mol. The lowest BCUT2D eigenvalue weighted by atomic mass is 10.1. The molecule has 0 amide bonds. The molecule has 0 spiro atoms. The molecule has 4 N–H and O–H groups in total. The molecule has 0 atom stereocenters. The second-order valence-corrected chi connectivity index (χ2v) is 4.48. The number of hydrazone groups is 1. The molecular weight excluding hydrogens is 306 g/mol. The van der Waals surface area contributed by atoms with Crippen LogP contribution in [0, 0.1) is 0 Å². The Morgan fingerprint density at radius 1 is 0.958 bits per heavy atom. The van der Waals surface area contributed by atoms with Crippen LogP contribution in [0.5, 0.6) is 0 Å². The Labute approximate surface area is 138 Å². The van der Waals surface area contributed by atoms with Gasteiger partial charge < -0.3 is 15.1 Å². The van der Waals surface area contributed by atoms with Crippen LogP contribution in [-0.2, 0) is 4.79 Å². The van der Waals surface area contributed by atoms with E-state index in [4.69, 9.17) is 5.11 Å². The summed E-state index contributed by atoms with van der Waals surface area (Å²) in [7, 11) is 0. The van der Waals surface area contributed by atoms with Crippen LogP contribution in [0.25, 0.3) is 6.08 Å². The Morgan fingerprint density at radius 2 is 1.75 bits per heavy atom. The first-order valence-electron chi connectivity index (χ1n) is 7.12. The van der Waals surface area contributed by atoms with E-state index in [1.165, 1.54) is 6.08 Å². The number of rotatable bonds is 1. The maximum atomic E-state index is 10.6. The molecule has 7 heteroatoms. The molecule has 4 rings (SSSR count). The fraction of sp³-hybridized carbons (Fsp3) is 0. The first-order valence-corrected chi connectivity index (χ1v) is 7.12. The summed E-state index contributed by atoms with van der Waals surface area (Å²) in [5.74, 6) is -1.04. The van der Waals surface area contributed by atoms with Crippen molar-refractivity contribution in [3.63, 3.8) is 0 Å². The van der Waals surface area contributed by atoms with Gasteiger partial charge in [0, 0.05) is 24.8 Å². The zero-order chi connectivity index (χ0) is 17.0. The van der Waals surface area contributed by atoms with Crippen molar-refractivity contribution in [1.82, 2.24) is 15.0 Å². The molecule has 0 unspecified atom stereocenters. The van der Waals surface area contributed by atoms with Crippen molar-refractivity contribution in [2.75, 3.05) is 5.43 Å². The molecule has 3 aromatic rings. The van der Waals surface area contributed by atoms with Gasteiger partial charge in [-0.15, -0.1) is 0 Å². The molecule has 0 saturated heterocycles. The second kappa shape index (κ2) is 9.42. The summed E-state index contributed by atoms with van der Waals surface area (Å²) in [5, 5.41) is 12.5. The number of carboxylic acids is 1. The Balaban J connectivity index is 0.000000169. The van der Waals surface area contributed by atoms with Gasteiger partial charge in [0.25, 0.3) is 0 Å². The van der Waals surface area contributed by atoms with Crippen molar-refractivity contribution in [2.24, 2.45) is 5.10 Å². The molecule has 0 saturated carbocycles. The van der Waals surface area contributed by atoms with Gasteiger partial charge in [0.05, 0.1) is 12.0 Å². The Morgan fingerprint density at radius 3 is 2.29 bits per heavy atom. The van der Waals surface area contributed by atoms with E-state index in [2.05, 4.69) is 25.5 Å². The maximum absolute atomic E-state index is 10.6. The Hall–Kier alpha value is -3.61. The number of nitrogens with zero attached hydrogens (tertiary/aromatic N) is 2. The normalized spacial score (nSPS) is 11.2. The van der Waals surface area contributed by atoms with Gasteiger partial charge in [0.15, 0.2) is 5.71 Å². The third-order valence-electron chi connectivity index (χ3n) is 2.80. The molecular formula is C17H17N5O2. The topological polar surface area (TPSA) is 106 Å². The number of para-hydroxylation sites is 1. The number of nitrogens with one attached hydrogen (secondary N) is 3. The van der Waals surface area contributed by atoms with Crippen LogP contribution in [0.4, 0.5) is 5.69 Å². The summed E-state index contributed by atoms with van der Waals surface area (Å²) in [4.78, 5) is 19.9. The van der Waals surface area contributed by atoms with Crippen LogP contribution >= 0.6 is 0 Å². The highest BCUT2D eigenvalue weighted by Gasteiger charge is 2.09. The number of hydrogen-bond donors (Lipinski definition) is 4. The highest BCUT2D eigenvalue weighted by Crippen LogP contribution is 2.18. The Kier molecular flexibility index (Phi) is 6.57. The summed E-state index contributed by atoms with van der Waals surface area (Å²) in [5.41, 5.74) is 4.43. The van der Waals surface area contributed by atoms with E-state index in [0.717, 1.165) is 11.3 Å². The summed E-state index contributed by atoms with van der Waals surface area (Å²) in [6, 6.07) is 11.4. The van der Waals surface area contributed by atoms with Crippen LogP contribution in [0.1, 0.15) is 5.56 Å². The fourth-order valence-electron chi connectivity index (χ4n) is 1.68. The van der Waals surface area contributed by atoms with Gasteiger partial charge >= 0.3 is 5.97 Å². The van der Waals surface area contributed by atoms with Gasteiger partial charge in [-0.2, -0.15) is 5.10 Å². The van der Waals surface area contributed by atoms with Crippen LogP contribution in [0.3, 0.4) is 0 Å². The van der Waals surface area contributed by atoms with Gasteiger partial charge in [-0.25, -0.2) is 9.78 Å². The zero-order valence-electron chi connectivity index (χ0n) is 12.8. The summed E-state index contributed by atoms with van der Waals surface area (Å²) in [6.45, 7) is 0. The standard InChI is InChI=1S/C10H8N2O2.C4H5N.C3H4N2/c13-10(14)9-6-5-7-3-1-2-4-8(7)11-12-9;1-2-4-5-3-1;1-2-5-3-4-1/h1-6,11H,(H,13,14);1-5H;1-3H,(H,4,5). The minimum absolute atomic E-state index is 0.00111. The van der Waals surface area contributed by atoms with Crippen molar-refractivity contribution in [3.05, 3.63) is 79.2 Å². The average molecular weight is 323 g/mol. The minimum atomic E-state index is -1.04. The first kappa shape index (κ1) is 16.8. The molecule has 122 valence electrons. The third kappa shape index (κ3) is 5.64. The van der Waals surface area contributed by atoms with E-state index in [1.54, 1.807) is 24.8 Å². The molecule has 3 heterocycles. The smallest absolute Gasteiger partial charge is 0.356 e. The number of H-pyrrole nitrogens is 2. The number of fused-ring (bicyclic) bond motifs is 1. The number of imidazole rings is 1. The van der Waals surface area contributed by atoms with Crippen LogP contribution < -0.4 is 5.43 Å². The van der Waals surface area contributed by atoms with E-state index < -0.39 is 5.97 Å². The predicted molar refractivity (Wildman–Crippen MR) is 93.5 cm³/mol.